The van der Waals surface area contributed by atoms with E-state index in [-0.39, 0.29) is 12.0 Å². The molecule has 1 amide bonds. The van der Waals surface area contributed by atoms with Gasteiger partial charge in [0.2, 0.25) is 5.91 Å². The van der Waals surface area contributed by atoms with E-state index in [1.165, 1.54) is 0 Å². The number of benzene rings is 1. The number of carbonyl (C=O) groups excluding carboxylic acids is 1. The molecule has 0 radical (unpaired) electrons. The standard InChI is InChI=1S/C18H23N3O3S/c1-24-15-6-2-4-13(8-15)18-20-10-16(25-18)9-19-17(23)12-21-7-3-5-14(22)11-21/h2,4,6,8,10,14,22H,3,5,7,9,11-12H2,1H3,(H,19,23)/t14-/m0/s1. The Morgan fingerprint density at radius 1 is 1.52 bits per heavy atom. The highest BCUT2D eigenvalue weighted by atomic mass is 32.1. The number of aliphatic hydroxyl groups excluding tert-OH is 1. The third kappa shape index (κ3) is 5.01. The Labute approximate surface area is 151 Å². The van der Waals surface area contributed by atoms with Gasteiger partial charge in [-0.3, -0.25) is 9.69 Å². The number of piperidine rings is 1. The van der Waals surface area contributed by atoms with Crippen molar-refractivity contribution in [1.82, 2.24) is 15.2 Å². The smallest absolute Gasteiger partial charge is 0.234 e. The molecule has 3 rings (SSSR count). The van der Waals surface area contributed by atoms with E-state index in [1.807, 2.05) is 29.2 Å². The van der Waals surface area contributed by atoms with Gasteiger partial charge in [0.15, 0.2) is 0 Å². The van der Waals surface area contributed by atoms with Crippen LogP contribution in [0.4, 0.5) is 0 Å². The Balaban J connectivity index is 1.52. The van der Waals surface area contributed by atoms with Crippen molar-refractivity contribution < 1.29 is 14.6 Å². The second-order valence-electron chi connectivity index (χ2n) is 6.17. The molecule has 1 saturated heterocycles. The summed E-state index contributed by atoms with van der Waals surface area (Å²) in [6, 6.07) is 7.77. The van der Waals surface area contributed by atoms with Gasteiger partial charge in [-0.1, -0.05) is 12.1 Å². The minimum atomic E-state index is -0.312. The van der Waals surface area contributed by atoms with Crippen LogP contribution in [0.2, 0.25) is 0 Å². The molecular weight excluding hydrogens is 338 g/mol. The number of hydrogen-bond acceptors (Lipinski definition) is 6. The molecule has 25 heavy (non-hydrogen) atoms. The van der Waals surface area contributed by atoms with Gasteiger partial charge < -0.3 is 15.2 Å². The first kappa shape index (κ1) is 17.8. The fourth-order valence-corrected chi connectivity index (χ4v) is 3.75. The van der Waals surface area contributed by atoms with Crippen LogP contribution in [0.5, 0.6) is 5.75 Å². The minimum absolute atomic E-state index is 0.0227. The lowest BCUT2D eigenvalue weighted by Gasteiger charge is -2.29. The largest absolute Gasteiger partial charge is 0.497 e. The monoisotopic (exact) mass is 361 g/mol. The predicted molar refractivity (Wildman–Crippen MR) is 97.6 cm³/mol. The van der Waals surface area contributed by atoms with Gasteiger partial charge in [0.25, 0.3) is 0 Å². The zero-order valence-corrected chi connectivity index (χ0v) is 15.1. The Hall–Kier alpha value is -1.96. The van der Waals surface area contributed by atoms with Crippen LogP contribution < -0.4 is 10.1 Å². The van der Waals surface area contributed by atoms with E-state index in [0.29, 0.717) is 19.6 Å². The summed E-state index contributed by atoms with van der Waals surface area (Å²) in [5, 5.41) is 13.5. The van der Waals surface area contributed by atoms with Crippen molar-refractivity contribution in [3.63, 3.8) is 0 Å². The van der Waals surface area contributed by atoms with Gasteiger partial charge in [0, 0.05) is 23.2 Å². The van der Waals surface area contributed by atoms with Crippen molar-refractivity contribution >= 4 is 17.2 Å². The summed E-state index contributed by atoms with van der Waals surface area (Å²) in [4.78, 5) is 19.5. The first-order chi connectivity index (χ1) is 12.1. The first-order valence-corrected chi connectivity index (χ1v) is 9.22. The molecule has 6 nitrogen and oxygen atoms in total. The van der Waals surface area contributed by atoms with Gasteiger partial charge in [-0.15, -0.1) is 11.3 Å². The zero-order valence-electron chi connectivity index (χ0n) is 14.3. The van der Waals surface area contributed by atoms with Crippen molar-refractivity contribution in [2.75, 3.05) is 26.7 Å². The first-order valence-electron chi connectivity index (χ1n) is 8.40. The molecule has 1 aromatic heterocycles. The molecule has 0 saturated carbocycles. The Kier molecular flexibility index (Phi) is 6.01. The normalized spacial score (nSPS) is 18.1. The lowest BCUT2D eigenvalue weighted by atomic mass is 10.1. The van der Waals surface area contributed by atoms with E-state index in [9.17, 15) is 9.90 Å². The van der Waals surface area contributed by atoms with Crippen LogP contribution in [0, 0.1) is 0 Å². The number of nitrogens with one attached hydrogen (secondary N) is 1. The van der Waals surface area contributed by atoms with Crippen molar-refractivity contribution in [2.24, 2.45) is 0 Å². The number of likely N-dealkylation sites (tertiary alicyclic amines) is 1. The van der Waals surface area contributed by atoms with Gasteiger partial charge in [-0.2, -0.15) is 0 Å². The Morgan fingerprint density at radius 3 is 3.20 bits per heavy atom. The number of amides is 1. The molecule has 1 atom stereocenters. The highest BCUT2D eigenvalue weighted by molar-refractivity contribution is 7.15. The summed E-state index contributed by atoms with van der Waals surface area (Å²) in [6.07, 6.45) is 3.25. The van der Waals surface area contributed by atoms with E-state index in [4.69, 9.17) is 4.74 Å². The number of nitrogens with zero attached hydrogens (tertiary/aromatic N) is 2. The molecule has 2 heterocycles. The molecule has 1 aliphatic rings. The lowest BCUT2D eigenvalue weighted by Crippen LogP contribution is -2.44. The summed E-state index contributed by atoms with van der Waals surface area (Å²) in [5.41, 5.74) is 1.00. The van der Waals surface area contributed by atoms with Crippen molar-refractivity contribution in [1.29, 1.82) is 0 Å². The highest BCUT2D eigenvalue weighted by Gasteiger charge is 2.19. The number of hydrogen-bond donors (Lipinski definition) is 2. The fourth-order valence-electron chi connectivity index (χ4n) is 2.90. The average Bonchev–Trinajstić information content (AvgIpc) is 3.09. The summed E-state index contributed by atoms with van der Waals surface area (Å²) in [6.45, 7) is 2.24. The molecule has 0 unspecified atom stereocenters. The quantitative estimate of drug-likeness (QED) is 0.822. The number of methoxy groups -OCH3 is 1. The van der Waals surface area contributed by atoms with Gasteiger partial charge in [-0.05, 0) is 31.5 Å². The van der Waals surface area contributed by atoms with Gasteiger partial charge in [0.1, 0.15) is 10.8 Å². The summed E-state index contributed by atoms with van der Waals surface area (Å²) < 4.78 is 5.24. The van der Waals surface area contributed by atoms with E-state index in [2.05, 4.69) is 10.3 Å². The van der Waals surface area contributed by atoms with Gasteiger partial charge in [0.05, 0.1) is 26.3 Å². The molecule has 0 aliphatic carbocycles. The fraction of sp³-hybridized carbons (Fsp3) is 0.444. The molecule has 2 N–H and O–H groups in total. The van der Waals surface area contributed by atoms with Crippen LogP contribution >= 0.6 is 11.3 Å². The van der Waals surface area contributed by atoms with Crippen molar-refractivity contribution in [3.05, 3.63) is 35.3 Å². The number of carbonyl (C=O) groups is 1. The Bertz CT molecular complexity index is 719. The third-order valence-corrected chi connectivity index (χ3v) is 5.22. The molecule has 1 aliphatic heterocycles. The van der Waals surface area contributed by atoms with Gasteiger partial charge >= 0.3 is 0 Å². The predicted octanol–water partition coefficient (Wildman–Crippen LogP) is 1.89. The SMILES string of the molecule is COc1cccc(-c2ncc(CNC(=O)CN3CCC[C@H](O)C3)s2)c1. The molecular formula is C18H23N3O3S. The van der Waals surface area contributed by atoms with E-state index in [0.717, 1.165) is 40.6 Å². The van der Waals surface area contributed by atoms with Crippen LogP contribution in [0.15, 0.2) is 30.5 Å². The van der Waals surface area contributed by atoms with Crippen molar-refractivity contribution in [2.45, 2.75) is 25.5 Å². The maximum Gasteiger partial charge on any atom is 0.234 e. The maximum atomic E-state index is 12.1. The average molecular weight is 361 g/mol. The van der Waals surface area contributed by atoms with Crippen LogP contribution in [-0.2, 0) is 11.3 Å². The molecule has 134 valence electrons. The number of aromatic nitrogens is 1. The molecule has 0 bridgehead atoms. The second kappa shape index (κ2) is 8.42. The third-order valence-electron chi connectivity index (χ3n) is 4.18. The number of aliphatic hydroxyl groups is 1. The number of rotatable bonds is 6. The minimum Gasteiger partial charge on any atom is -0.497 e. The number of ether oxygens (including phenoxy) is 1. The molecule has 2 aromatic rings. The summed E-state index contributed by atoms with van der Waals surface area (Å²) >= 11 is 1.56. The van der Waals surface area contributed by atoms with E-state index >= 15 is 0 Å². The Morgan fingerprint density at radius 2 is 2.40 bits per heavy atom. The molecule has 0 spiro atoms. The molecule has 1 fully saturated rings. The van der Waals surface area contributed by atoms with Crippen molar-refractivity contribution in [3.8, 4) is 16.3 Å². The summed E-state index contributed by atoms with van der Waals surface area (Å²) in [7, 11) is 1.64. The van der Waals surface area contributed by atoms with Crippen LogP contribution in [0.25, 0.3) is 10.6 Å². The number of β-amino-alcohol motifs (C(OH)–C–C–N with tert-alkyl or cyclic N) is 1. The topological polar surface area (TPSA) is 74.7 Å². The maximum absolute atomic E-state index is 12.1. The number of thiazole rings is 1. The lowest BCUT2D eigenvalue weighted by molar-refractivity contribution is -0.123. The van der Waals surface area contributed by atoms with E-state index in [1.54, 1.807) is 24.6 Å². The highest BCUT2D eigenvalue weighted by Crippen LogP contribution is 2.27. The second-order valence-corrected chi connectivity index (χ2v) is 7.29. The van der Waals surface area contributed by atoms with Crippen LogP contribution in [0.3, 0.4) is 0 Å². The van der Waals surface area contributed by atoms with Crippen LogP contribution in [0.1, 0.15) is 17.7 Å². The summed E-state index contributed by atoms with van der Waals surface area (Å²) in [5.74, 6) is 0.775. The zero-order chi connectivity index (χ0) is 17.6. The molecule has 7 heteroatoms. The van der Waals surface area contributed by atoms with Crippen LogP contribution in [-0.4, -0.2) is 53.7 Å². The van der Waals surface area contributed by atoms with E-state index < -0.39 is 0 Å². The van der Waals surface area contributed by atoms with Gasteiger partial charge in [-0.25, -0.2) is 4.98 Å². The molecule has 1 aromatic carbocycles.